The van der Waals surface area contributed by atoms with E-state index in [1.165, 1.54) is 21.3 Å². The van der Waals surface area contributed by atoms with Crippen molar-refractivity contribution in [3.8, 4) is 33.8 Å². The van der Waals surface area contributed by atoms with Crippen molar-refractivity contribution in [1.29, 1.82) is 0 Å². The van der Waals surface area contributed by atoms with E-state index in [9.17, 15) is 14.3 Å². The van der Waals surface area contributed by atoms with Gasteiger partial charge in [0, 0.05) is 49.2 Å². The van der Waals surface area contributed by atoms with Gasteiger partial charge in [0.2, 0.25) is 0 Å². The van der Waals surface area contributed by atoms with Gasteiger partial charge in [0.25, 0.3) is 0 Å². The summed E-state index contributed by atoms with van der Waals surface area (Å²) in [4.78, 5) is 19.5. The van der Waals surface area contributed by atoms with Crippen molar-refractivity contribution in [2.45, 2.75) is 32.7 Å². The zero-order valence-electron chi connectivity index (χ0n) is 21.9. The lowest BCUT2D eigenvalue weighted by molar-refractivity contribution is 0.153. The number of hydrogen-bond donors (Lipinski definition) is 1. The molecule has 1 aliphatic rings. The molecule has 0 radical (unpaired) electrons. The van der Waals surface area contributed by atoms with Gasteiger partial charge in [-0.1, -0.05) is 29.8 Å². The zero-order chi connectivity index (χ0) is 27.2. The first-order valence-corrected chi connectivity index (χ1v) is 12.9. The molecule has 0 fully saturated rings. The van der Waals surface area contributed by atoms with Crippen molar-refractivity contribution in [3.05, 3.63) is 94.0 Å². The minimum Gasteiger partial charge on any atom is -0.507 e. The number of halogens is 2. The van der Waals surface area contributed by atoms with Gasteiger partial charge in [0.05, 0.1) is 22.1 Å². The number of aromatic hydroxyl groups is 1. The second kappa shape index (κ2) is 9.89. The van der Waals surface area contributed by atoms with E-state index >= 15 is 0 Å². The summed E-state index contributed by atoms with van der Waals surface area (Å²) in [6, 6.07) is 13.2. The highest BCUT2D eigenvalue weighted by atomic mass is 35.5. The van der Waals surface area contributed by atoms with Gasteiger partial charge in [-0.2, -0.15) is 0 Å². The van der Waals surface area contributed by atoms with Crippen LogP contribution in [0, 0.1) is 5.82 Å². The summed E-state index contributed by atoms with van der Waals surface area (Å²) < 4.78 is 17.7. The van der Waals surface area contributed by atoms with Crippen LogP contribution < -0.4 is 5.69 Å². The van der Waals surface area contributed by atoms with Crippen LogP contribution in [0.1, 0.15) is 32.9 Å². The molecule has 6 nitrogen and oxygen atoms in total. The summed E-state index contributed by atoms with van der Waals surface area (Å²) >= 11 is 6.52. The second-order valence-corrected chi connectivity index (χ2v) is 11.0. The molecule has 0 bridgehead atoms. The number of imidazole rings is 1. The first-order chi connectivity index (χ1) is 18.0. The van der Waals surface area contributed by atoms with E-state index in [4.69, 9.17) is 16.6 Å². The Morgan fingerprint density at radius 1 is 1.03 bits per heavy atom. The molecule has 38 heavy (non-hydrogen) atoms. The molecule has 1 N–H and O–H groups in total. The van der Waals surface area contributed by atoms with E-state index in [2.05, 4.69) is 31.7 Å². The molecule has 0 saturated carbocycles. The maximum absolute atomic E-state index is 14.9. The van der Waals surface area contributed by atoms with Crippen LogP contribution in [0.2, 0.25) is 5.02 Å². The average molecular weight is 533 g/mol. The van der Waals surface area contributed by atoms with Crippen LogP contribution >= 0.6 is 11.6 Å². The predicted octanol–water partition coefficient (Wildman–Crippen LogP) is 6.29. The Morgan fingerprint density at radius 2 is 1.76 bits per heavy atom. The molecule has 2 aromatic heterocycles. The maximum atomic E-state index is 14.9. The third kappa shape index (κ3) is 4.91. The molecule has 0 saturated heterocycles. The quantitative estimate of drug-likeness (QED) is 0.335. The SMILES string of the molecule is Cn1ccn(-c2ccc(-c3cc(F)cc(-c4cccc(C5=CCN(C(C)(C)C)CC5)n4)c3O)cc2Cl)c1=O. The van der Waals surface area contributed by atoms with Crippen molar-refractivity contribution in [2.24, 2.45) is 7.05 Å². The molecule has 1 aliphatic heterocycles. The average Bonchev–Trinajstić information content (AvgIpc) is 3.22. The number of hydrogen-bond acceptors (Lipinski definition) is 4. The van der Waals surface area contributed by atoms with Crippen molar-refractivity contribution in [2.75, 3.05) is 13.1 Å². The van der Waals surface area contributed by atoms with Crippen LogP contribution in [0.4, 0.5) is 4.39 Å². The summed E-state index contributed by atoms with van der Waals surface area (Å²) in [6.07, 6.45) is 6.33. The minimum absolute atomic E-state index is 0.0896. The molecule has 5 rings (SSSR count). The van der Waals surface area contributed by atoms with Crippen LogP contribution in [0.3, 0.4) is 0 Å². The highest BCUT2D eigenvalue weighted by molar-refractivity contribution is 6.32. The predicted molar refractivity (Wildman–Crippen MR) is 150 cm³/mol. The van der Waals surface area contributed by atoms with E-state index < -0.39 is 5.82 Å². The lowest BCUT2D eigenvalue weighted by atomic mass is 9.97. The Kier molecular flexibility index (Phi) is 6.75. The number of aryl methyl sites for hydroxylation is 1. The summed E-state index contributed by atoms with van der Waals surface area (Å²) in [5.41, 5.74) is 3.92. The van der Waals surface area contributed by atoms with Crippen molar-refractivity contribution >= 4 is 17.2 Å². The molecule has 2 aromatic carbocycles. The Morgan fingerprint density at radius 3 is 2.39 bits per heavy atom. The summed E-state index contributed by atoms with van der Waals surface area (Å²) in [7, 11) is 1.65. The zero-order valence-corrected chi connectivity index (χ0v) is 22.6. The van der Waals surface area contributed by atoms with Crippen molar-refractivity contribution < 1.29 is 9.50 Å². The van der Waals surface area contributed by atoms with Gasteiger partial charge in [0.15, 0.2) is 0 Å². The standard InChI is InChI=1S/C30H30ClFN4O2/c1-30(2,3)35-12-10-19(11-13-35)25-6-5-7-26(33-25)23-18-21(32)17-22(28(23)37)20-8-9-27(24(31)16-20)36-15-14-34(4)29(36)38/h5-10,14-18,37H,11-13H2,1-4H3. The van der Waals surface area contributed by atoms with Crippen molar-refractivity contribution in [3.63, 3.8) is 0 Å². The number of nitrogens with zero attached hydrogens (tertiary/aromatic N) is 4. The van der Waals surface area contributed by atoms with Gasteiger partial charge in [-0.15, -0.1) is 0 Å². The van der Waals surface area contributed by atoms with E-state index in [1.807, 2.05) is 12.1 Å². The molecular formula is C30H30ClFN4O2. The summed E-state index contributed by atoms with van der Waals surface area (Å²) in [6.45, 7) is 8.39. The number of phenolic OH excluding ortho intramolecular Hbond substituents is 1. The fourth-order valence-corrected chi connectivity index (χ4v) is 5.08. The van der Waals surface area contributed by atoms with E-state index in [1.54, 1.807) is 43.7 Å². The smallest absolute Gasteiger partial charge is 0.332 e. The van der Waals surface area contributed by atoms with Gasteiger partial charge in [-0.25, -0.2) is 14.2 Å². The Labute approximate surface area is 226 Å². The molecule has 196 valence electrons. The highest BCUT2D eigenvalue weighted by Crippen LogP contribution is 2.40. The summed E-state index contributed by atoms with van der Waals surface area (Å²) in [5, 5.41) is 11.5. The third-order valence-corrected chi connectivity index (χ3v) is 7.35. The largest absolute Gasteiger partial charge is 0.507 e. The molecule has 3 heterocycles. The van der Waals surface area contributed by atoms with Gasteiger partial charge in [-0.05, 0) is 74.7 Å². The lowest BCUT2D eigenvalue weighted by Gasteiger charge is -2.37. The third-order valence-electron chi connectivity index (χ3n) is 7.05. The molecule has 0 spiro atoms. The highest BCUT2D eigenvalue weighted by Gasteiger charge is 2.24. The normalized spacial score (nSPS) is 14.5. The maximum Gasteiger partial charge on any atom is 0.332 e. The molecule has 4 aromatic rings. The topological polar surface area (TPSA) is 63.3 Å². The van der Waals surface area contributed by atoms with Gasteiger partial charge in [-0.3, -0.25) is 9.47 Å². The Balaban J connectivity index is 1.50. The van der Waals surface area contributed by atoms with Gasteiger partial charge < -0.3 is 9.67 Å². The van der Waals surface area contributed by atoms with Gasteiger partial charge in [0.1, 0.15) is 11.6 Å². The lowest BCUT2D eigenvalue weighted by Crippen LogP contribution is -2.43. The molecular weight excluding hydrogens is 503 g/mol. The van der Waals surface area contributed by atoms with Crippen molar-refractivity contribution in [1.82, 2.24) is 19.0 Å². The fourth-order valence-electron chi connectivity index (χ4n) is 4.81. The van der Waals surface area contributed by atoms with Crippen LogP contribution in [-0.4, -0.2) is 42.8 Å². The van der Waals surface area contributed by atoms with E-state index in [-0.39, 0.29) is 17.0 Å². The molecule has 0 aliphatic carbocycles. The monoisotopic (exact) mass is 532 g/mol. The minimum atomic E-state index is -0.503. The number of aromatic nitrogens is 3. The first-order valence-electron chi connectivity index (χ1n) is 12.5. The Hall–Kier alpha value is -3.68. The molecule has 0 atom stereocenters. The second-order valence-electron chi connectivity index (χ2n) is 10.6. The molecule has 0 amide bonds. The van der Waals surface area contributed by atoms with Crippen LogP contribution in [0.15, 0.2) is 71.8 Å². The molecule has 0 unspecified atom stereocenters. The number of benzene rings is 2. The number of phenols is 1. The van der Waals surface area contributed by atoms with Crippen LogP contribution in [0.25, 0.3) is 33.6 Å². The number of rotatable bonds is 4. The van der Waals surface area contributed by atoms with E-state index in [0.29, 0.717) is 33.1 Å². The van der Waals surface area contributed by atoms with Crippen LogP contribution in [-0.2, 0) is 7.05 Å². The molecule has 8 heteroatoms. The van der Waals surface area contributed by atoms with Gasteiger partial charge >= 0.3 is 5.69 Å². The Bertz CT molecular complexity index is 1610. The fraction of sp³-hybridized carbons (Fsp3) is 0.267. The van der Waals surface area contributed by atoms with Crippen LogP contribution in [0.5, 0.6) is 5.75 Å². The number of pyridine rings is 1. The first kappa shape index (κ1) is 25.9. The van der Waals surface area contributed by atoms with E-state index in [0.717, 1.165) is 30.8 Å². The summed E-state index contributed by atoms with van der Waals surface area (Å²) in [5.74, 6) is -0.592.